The highest BCUT2D eigenvalue weighted by Gasteiger charge is 2.49. The van der Waals surface area contributed by atoms with E-state index in [1.807, 2.05) is 24.4 Å². The first kappa shape index (κ1) is 16.6. The number of halogens is 1. The lowest BCUT2D eigenvalue weighted by molar-refractivity contribution is 0.0599. The minimum Gasteiger partial charge on any atom is -0.493 e. The first-order chi connectivity index (χ1) is 12.0. The molecule has 0 aliphatic carbocycles. The molecule has 0 bridgehead atoms. The van der Waals surface area contributed by atoms with Crippen LogP contribution in [0.2, 0.25) is 0 Å². The zero-order chi connectivity index (χ0) is 17.6. The van der Waals surface area contributed by atoms with Crippen molar-refractivity contribution in [3.8, 4) is 5.75 Å². The van der Waals surface area contributed by atoms with Gasteiger partial charge in [0.15, 0.2) is 0 Å². The maximum atomic E-state index is 11.9. The van der Waals surface area contributed by atoms with Crippen LogP contribution in [0.1, 0.15) is 35.8 Å². The van der Waals surface area contributed by atoms with Gasteiger partial charge < -0.3 is 14.8 Å². The second kappa shape index (κ2) is 6.12. The maximum Gasteiger partial charge on any atom is 0.337 e. The highest BCUT2D eigenvalue weighted by molar-refractivity contribution is 14.2. The minimum atomic E-state index is -0.342. The van der Waals surface area contributed by atoms with Crippen LogP contribution in [0.4, 0.5) is 0 Å². The summed E-state index contributed by atoms with van der Waals surface area (Å²) in [7, 11) is 1.39. The smallest absolute Gasteiger partial charge is 0.337 e. The fourth-order valence-electron chi connectivity index (χ4n) is 3.51. The molecule has 0 amide bonds. The number of nitrogens with one attached hydrogen (secondary N) is 1. The predicted molar refractivity (Wildman–Crippen MR) is 105 cm³/mol. The summed E-state index contributed by atoms with van der Waals surface area (Å²) in [5.74, 6) is 1.57. The third kappa shape index (κ3) is 2.65. The number of hydrogen-bond acceptors (Lipinski definition) is 6. The van der Waals surface area contributed by atoms with Gasteiger partial charge in [0.2, 0.25) is 5.96 Å². The fourth-order valence-corrected chi connectivity index (χ4v) is 5.83. The largest absolute Gasteiger partial charge is 0.493 e. The Labute approximate surface area is 157 Å². The van der Waals surface area contributed by atoms with E-state index in [0.29, 0.717) is 12.2 Å². The van der Waals surface area contributed by atoms with Gasteiger partial charge in [-0.3, -0.25) is 3.11 Å². The fraction of sp³-hybridized carbons (Fsp3) is 0.389. The van der Waals surface area contributed by atoms with Gasteiger partial charge in [0.05, 0.1) is 30.9 Å². The number of carbonyl (C=O) groups is 1. The lowest BCUT2D eigenvalue weighted by Crippen LogP contribution is -2.57. The maximum absolute atomic E-state index is 11.9. The Morgan fingerprint density at radius 2 is 2.32 bits per heavy atom. The number of allylic oxidation sites excluding steroid dienone is 1. The summed E-state index contributed by atoms with van der Waals surface area (Å²) in [6.45, 7) is 5.11. The number of benzene rings is 1. The summed E-state index contributed by atoms with van der Waals surface area (Å²) in [5, 5.41) is 3.31. The zero-order valence-corrected chi connectivity index (χ0v) is 16.5. The molecule has 0 radical (unpaired) electrons. The van der Waals surface area contributed by atoms with Crippen molar-refractivity contribution in [2.45, 2.75) is 25.4 Å². The Kier molecular flexibility index (Phi) is 4.05. The average molecular weight is 453 g/mol. The molecule has 3 heterocycles. The van der Waals surface area contributed by atoms with Crippen molar-refractivity contribution in [3.05, 3.63) is 41.6 Å². The van der Waals surface area contributed by atoms with Gasteiger partial charge in [-0.2, -0.15) is 0 Å². The van der Waals surface area contributed by atoms with Crippen LogP contribution in [0.3, 0.4) is 0 Å². The number of carbonyl (C=O) groups excluding carboxylic acids is 1. The molecular formula is C18H20IN3O3. The van der Waals surface area contributed by atoms with E-state index in [1.165, 1.54) is 7.11 Å². The molecule has 0 aromatic heterocycles. The van der Waals surface area contributed by atoms with Crippen molar-refractivity contribution in [2.24, 2.45) is 10.9 Å². The van der Waals surface area contributed by atoms with Gasteiger partial charge in [-0.25, -0.2) is 9.79 Å². The molecule has 25 heavy (non-hydrogen) atoms. The van der Waals surface area contributed by atoms with E-state index in [2.05, 4.69) is 26.3 Å². The van der Waals surface area contributed by atoms with Crippen LogP contribution in [0.5, 0.6) is 5.75 Å². The van der Waals surface area contributed by atoms with Gasteiger partial charge in [-0.15, -0.1) is 0 Å². The number of hydrogen-bond donors (Lipinski definition) is 1. The monoisotopic (exact) mass is 453 g/mol. The quantitative estimate of drug-likeness (QED) is 0.403. The summed E-state index contributed by atoms with van der Waals surface area (Å²) in [6, 6.07) is 5.41. The molecule has 1 aromatic carbocycles. The van der Waals surface area contributed by atoms with Crippen LogP contribution in [-0.2, 0) is 4.74 Å². The molecule has 1 aromatic rings. The highest BCUT2D eigenvalue weighted by atomic mass is 127. The van der Waals surface area contributed by atoms with E-state index in [-0.39, 0.29) is 44.5 Å². The van der Waals surface area contributed by atoms with Gasteiger partial charge in [-0.1, -0.05) is 0 Å². The van der Waals surface area contributed by atoms with E-state index in [9.17, 15) is 4.79 Å². The minimum absolute atomic E-state index is 0.0439. The Morgan fingerprint density at radius 3 is 3.12 bits per heavy atom. The van der Waals surface area contributed by atoms with Crippen LogP contribution < -0.4 is 10.1 Å². The Bertz CT molecular complexity index is 816. The van der Waals surface area contributed by atoms with Gasteiger partial charge in [0.25, 0.3) is 0 Å². The SMILES string of the molecule is COC(=O)c1ccc2c(c1)[C@@H]1N=C3NC=CC=IN3C(C)(C)[C@H]1CO2. The third-order valence-corrected chi connectivity index (χ3v) is 7.94. The summed E-state index contributed by atoms with van der Waals surface area (Å²) in [5.41, 5.74) is 1.39. The van der Waals surface area contributed by atoms with Crippen molar-refractivity contribution < 1.29 is 14.3 Å². The van der Waals surface area contributed by atoms with Crippen molar-refractivity contribution in [1.82, 2.24) is 8.43 Å². The van der Waals surface area contributed by atoms with E-state index in [4.69, 9.17) is 14.5 Å². The van der Waals surface area contributed by atoms with Crippen molar-refractivity contribution in [3.63, 3.8) is 0 Å². The summed E-state index contributed by atoms with van der Waals surface area (Å²) >= 11 is -0.287. The summed E-state index contributed by atoms with van der Waals surface area (Å²) < 4.78 is 15.5. The second-order valence-electron chi connectivity index (χ2n) is 6.72. The first-order valence-electron chi connectivity index (χ1n) is 8.14. The number of aliphatic imine (C=N–C) groups is 1. The van der Waals surface area contributed by atoms with E-state index >= 15 is 0 Å². The predicted octanol–water partition coefficient (Wildman–Crippen LogP) is 2.78. The van der Waals surface area contributed by atoms with Crippen LogP contribution in [0.25, 0.3) is 0 Å². The molecule has 6 nitrogen and oxygen atoms in total. The van der Waals surface area contributed by atoms with Crippen molar-refractivity contribution >= 4 is 36.9 Å². The molecule has 4 rings (SSSR count). The first-order valence-corrected chi connectivity index (χ1v) is 10.3. The number of guanidine groups is 1. The van der Waals surface area contributed by atoms with Gasteiger partial charge in [0.1, 0.15) is 5.75 Å². The number of fused-ring (bicyclic) bond motifs is 4. The summed E-state index contributed by atoms with van der Waals surface area (Å²) in [6.07, 6.45) is 3.98. The topological polar surface area (TPSA) is 63.2 Å². The lowest BCUT2D eigenvalue weighted by atomic mass is 9.77. The molecule has 0 fully saturated rings. The number of nitrogens with zero attached hydrogens (tertiary/aromatic N) is 2. The molecule has 2 atom stereocenters. The van der Waals surface area contributed by atoms with Gasteiger partial charge in [0, 0.05) is 38.7 Å². The molecule has 7 heteroatoms. The van der Waals surface area contributed by atoms with E-state index < -0.39 is 0 Å². The molecular weight excluding hydrogens is 433 g/mol. The lowest BCUT2D eigenvalue weighted by Gasteiger charge is -2.50. The molecule has 3 aliphatic heterocycles. The van der Waals surface area contributed by atoms with Crippen LogP contribution in [-0.4, -0.2) is 38.3 Å². The Hall–Kier alpha value is -1.90. The number of esters is 1. The zero-order valence-electron chi connectivity index (χ0n) is 14.3. The normalized spacial score (nSPS) is 25.7. The van der Waals surface area contributed by atoms with Crippen LogP contribution in [0, 0.1) is 5.92 Å². The summed E-state index contributed by atoms with van der Waals surface area (Å²) in [4.78, 5) is 16.9. The number of rotatable bonds is 1. The number of methoxy groups -OCH3 is 1. The Balaban J connectivity index is 1.83. The van der Waals surface area contributed by atoms with E-state index in [0.717, 1.165) is 17.3 Å². The molecule has 0 unspecified atom stereocenters. The van der Waals surface area contributed by atoms with Crippen LogP contribution in [0.15, 0.2) is 35.5 Å². The van der Waals surface area contributed by atoms with E-state index in [1.54, 1.807) is 6.07 Å². The highest BCUT2D eigenvalue weighted by Crippen LogP contribution is 2.49. The van der Waals surface area contributed by atoms with Crippen molar-refractivity contribution in [1.29, 1.82) is 0 Å². The Morgan fingerprint density at radius 1 is 1.48 bits per heavy atom. The molecule has 0 spiro atoms. The third-order valence-electron chi connectivity index (χ3n) is 4.95. The molecule has 132 valence electrons. The second-order valence-corrected chi connectivity index (χ2v) is 8.96. The van der Waals surface area contributed by atoms with Crippen molar-refractivity contribution in [2.75, 3.05) is 13.7 Å². The molecule has 3 aliphatic rings. The number of ether oxygens (including phenoxy) is 2. The molecule has 0 saturated carbocycles. The molecule has 0 saturated heterocycles. The van der Waals surface area contributed by atoms with Gasteiger partial charge in [-0.05, 0) is 42.1 Å². The standard InChI is InChI=1S/C18H20IN3O3/c1-18(2)13-10-25-14-6-5-11(16(23)24-3)9-12(14)15(13)21-17-20-8-4-7-19-22(17)18/h4-9,13,15H,10H2,1-3H3,(H,20,21)/t13-,15-/m0/s1. The van der Waals surface area contributed by atoms with Gasteiger partial charge >= 0.3 is 5.97 Å². The average Bonchev–Trinajstić information content (AvgIpc) is 2.86. The van der Waals surface area contributed by atoms with Crippen LogP contribution >= 0.6 is 21.0 Å². The molecule has 1 N–H and O–H groups in total.